The lowest BCUT2D eigenvalue weighted by molar-refractivity contribution is 0.176. The second kappa shape index (κ2) is 5.36. The summed E-state index contributed by atoms with van der Waals surface area (Å²) in [5.41, 5.74) is -0.774. The highest BCUT2D eigenvalue weighted by Crippen LogP contribution is 2.36. The largest absolute Gasteiger partial charge is 0.458 e. The van der Waals surface area contributed by atoms with E-state index in [1.54, 1.807) is 0 Å². The Morgan fingerprint density at radius 1 is 1.11 bits per heavy atom. The second-order valence-corrected chi connectivity index (χ2v) is 6.51. The van der Waals surface area contributed by atoms with Gasteiger partial charge in [0.25, 0.3) is 0 Å². The Balaban J connectivity index is 3.81. The molecule has 19 heavy (non-hydrogen) atoms. The van der Waals surface area contributed by atoms with Gasteiger partial charge in [-0.25, -0.2) is 26.0 Å². The predicted octanol–water partition coefficient (Wildman–Crippen LogP) is 2.90. The summed E-state index contributed by atoms with van der Waals surface area (Å²) in [7, 11) is -4.37. The lowest BCUT2D eigenvalue weighted by Gasteiger charge is -2.16. The minimum Gasteiger partial charge on any atom is -0.458 e. The van der Waals surface area contributed by atoms with Crippen LogP contribution in [0.5, 0.6) is 5.75 Å². The first-order chi connectivity index (χ1) is 8.66. The Bertz CT molecular complexity index is 597. The molecule has 0 saturated heterocycles. The number of benzene rings is 1. The molecule has 0 radical (unpaired) electrons. The fourth-order valence-electron chi connectivity index (χ4n) is 1.40. The van der Waals surface area contributed by atoms with Crippen molar-refractivity contribution < 1.29 is 30.7 Å². The van der Waals surface area contributed by atoms with Crippen LogP contribution in [0.15, 0.2) is 4.90 Å². The molecule has 1 rings (SSSR count). The standard InChI is InChI=1S/C11H12F4O3S/c1-5(2)19(16,17)11-9(15)7(13)6(3)8(14)10(11)18-4-12/h5H,4H2,1-3H3. The van der Waals surface area contributed by atoms with Gasteiger partial charge in [-0.3, -0.25) is 0 Å². The van der Waals surface area contributed by atoms with Crippen molar-refractivity contribution in [3.63, 3.8) is 0 Å². The SMILES string of the molecule is Cc1c(F)c(F)c(S(=O)(=O)C(C)C)c(OCF)c1F. The minimum atomic E-state index is -4.37. The molecule has 8 heteroatoms. The summed E-state index contributed by atoms with van der Waals surface area (Å²) in [4.78, 5) is -1.29. The maximum Gasteiger partial charge on any atom is 0.228 e. The minimum absolute atomic E-state index is 0.774. The number of alkyl halides is 1. The van der Waals surface area contributed by atoms with Crippen LogP contribution in [-0.4, -0.2) is 20.5 Å². The van der Waals surface area contributed by atoms with E-state index in [2.05, 4.69) is 4.74 Å². The van der Waals surface area contributed by atoms with Crippen LogP contribution in [0.3, 0.4) is 0 Å². The molecule has 0 unspecified atom stereocenters. The third kappa shape index (κ3) is 2.54. The first-order valence-electron chi connectivity index (χ1n) is 5.25. The van der Waals surface area contributed by atoms with Crippen molar-refractivity contribution in [2.45, 2.75) is 30.9 Å². The lowest BCUT2D eigenvalue weighted by Crippen LogP contribution is -2.19. The van der Waals surface area contributed by atoms with Gasteiger partial charge in [-0.05, 0) is 20.8 Å². The van der Waals surface area contributed by atoms with Crippen LogP contribution in [0.25, 0.3) is 0 Å². The maximum absolute atomic E-state index is 13.8. The van der Waals surface area contributed by atoms with E-state index in [1.165, 1.54) is 13.8 Å². The molecule has 1 aromatic carbocycles. The quantitative estimate of drug-likeness (QED) is 0.634. The molecule has 0 aromatic heterocycles. The smallest absolute Gasteiger partial charge is 0.228 e. The number of hydrogen-bond donors (Lipinski definition) is 0. The van der Waals surface area contributed by atoms with Gasteiger partial charge in [-0.1, -0.05) is 0 Å². The molecule has 0 heterocycles. The third-order valence-corrected chi connectivity index (χ3v) is 4.73. The molecule has 0 saturated carbocycles. The van der Waals surface area contributed by atoms with Crippen LogP contribution in [0.2, 0.25) is 0 Å². The molecule has 1 aromatic rings. The van der Waals surface area contributed by atoms with Gasteiger partial charge in [0.15, 0.2) is 37.9 Å². The Kier molecular flexibility index (Phi) is 4.44. The Labute approximate surface area is 108 Å². The van der Waals surface area contributed by atoms with E-state index in [0.29, 0.717) is 0 Å². The Morgan fingerprint density at radius 2 is 1.63 bits per heavy atom. The fourth-order valence-corrected chi connectivity index (χ4v) is 2.62. The van der Waals surface area contributed by atoms with Gasteiger partial charge in [0.2, 0.25) is 6.86 Å². The molecule has 0 aliphatic heterocycles. The average Bonchev–Trinajstić information content (AvgIpc) is 2.33. The van der Waals surface area contributed by atoms with E-state index in [0.717, 1.165) is 6.92 Å². The highest BCUT2D eigenvalue weighted by atomic mass is 32.2. The molecule has 0 atom stereocenters. The second-order valence-electron chi connectivity index (χ2n) is 4.07. The molecule has 0 amide bonds. The zero-order chi connectivity index (χ0) is 15.0. The first kappa shape index (κ1) is 15.7. The Hall–Kier alpha value is -1.31. The van der Waals surface area contributed by atoms with Crippen LogP contribution >= 0.6 is 0 Å². The molecule has 0 bridgehead atoms. The summed E-state index contributed by atoms with van der Waals surface area (Å²) in [5, 5.41) is -1.15. The highest BCUT2D eigenvalue weighted by molar-refractivity contribution is 7.92. The van der Waals surface area contributed by atoms with E-state index < -0.39 is 55.6 Å². The number of sulfone groups is 1. The first-order valence-corrected chi connectivity index (χ1v) is 6.80. The molecule has 0 fully saturated rings. The Morgan fingerprint density at radius 3 is 2.05 bits per heavy atom. The number of rotatable bonds is 4. The molecule has 0 aliphatic rings. The van der Waals surface area contributed by atoms with Gasteiger partial charge in [0.05, 0.1) is 5.25 Å². The van der Waals surface area contributed by atoms with Crippen molar-refractivity contribution in [3.8, 4) is 5.75 Å². The number of halogens is 4. The maximum atomic E-state index is 13.8. The normalized spacial score (nSPS) is 12.0. The van der Waals surface area contributed by atoms with Crippen molar-refractivity contribution in [1.82, 2.24) is 0 Å². The summed E-state index contributed by atoms with van der Waals surface area (Å²) in [5.74, 6) is -5.97. The summed E-state index contributed by atoms with van der Waals surface area (Å²) in [6.07, 6.45) is 0. The highest BCUT2D eigenvalue weighted by Gasteiger charge is 2.34. The van der Waals surface area contributed by atoms with Crippen molar-refractivity contribution in [3.05, 3.63) is 23.0 Å². The van der Waals surface area contributed by atoms with Crippen LogP contribution in [-0.2, 0) is 9.84 Å². The summed E-state index contributed by atoms with van der Waals surface area (Å²) in [6.45, 7) is 1.72. The van der Waals surface area contributed by atoms with Gasteiger partial charge >= 0.3 is 0 Å². The van der Waals surface area contributed by atoms with Gasteiger partial charge in [-0.15, -0.1) is 0 Å². The molecular formula is C11H12F4O3S. The molecule has 0 N–H and O–H groups in total. The molecular weight excluding hydrogens is 288 g/mol. The third-order valence-electron chi connectivity index (χ3n) is 2.56. The van der Waals surface area contributed by atoms with Crippen molar-refractivity contribution >= 4 is 9.84 Å². The van der Waals surface area contributed by atoms with Gasteiger partial charge in [-0.2, -0.15) is 0 Å². The molecule has 0 spiro atoms. The van der Waals surface area contributed by atoms with E-state index >= 15 is 0 Å². The van der Waals surface area contributed by atoms with Crippen LogP contribution in [0.4, 0.5) is 17.6 Å². The van der Waals surface area contributed by atoms with Gasteiger partial charge in [0.1, 0.15) is 0 Å². The zero-order valence-electron chi connectivity index (χ0n) is 10.4. The fraction of sp³-hybridized carbons (Fsp3) is 0.455. The monoisotopic (exact) mass is 300 g/mol. The van der Waals surface area contributed by atoms with Crippen molar-refractivity contribution in [2.75, 3.05) is 6.86 Å². The van der Waals surface area contributed by atoms with Gasteiger partial charge in [0, 0.05) is 5.56 Å². The molecule has 108 valence electrons. The lowest BCUT2D eigenvalue weighted by atomic mass is 10.2. The van der Waals surface area contributed by atoms with Crippen molar-refractivity contribution in [2.24, 2.45) is 0 Å². The summed E-state index contributed by atoms with van der Waals surface area (Å²) >= 11 is 0. The van der Waals surface area contributed by atoms with Crippen LogP contribution in [0, 0.1) is 24.4 Å². The summed E-state index contributed by atoms with van der Waals surface area (Å²) in [6, 6.07) is 0. The topological polar surface area (TPSA) is 43.4 Å². The average molecular weight is 300 g/mol. The van der Waals surface area contributed by atoms with E-state index in [9.17, 15) is 26.0 Å². The van der Waals surface area contributed by atoms with E-state index in [4.69, 9.17) is 0 Å². The number of hydrogen-bond acceptors (Lipinski definition) is 3. The van der Waals surface area contributed by atoms with Crippen molar-refractivity contribution in [1.29, 1.82) is 0 Å². The zero-order valence-corrected chi connectivity index (χ0v) is 11.2. The van der Waals surface area contributed by atoms with E-state index in [-0.39, 0.29) is 0 Å². The summed E-state index contributed by atoms with van der Waals surface area (Å²) < 4.78 is 81.1. The molecule has 0 aliphatic carbocycles. The van der Waals surface area contributed by atoms with Crippen LogP contribution in [0.1, 0.15) is 19.4 Å². The predicted molar refractivity (Wildman–Crippen MR) is 60.0 cm³/mol. The van der Waals surface area contributed by atoms with E-state index in [1.807, 2.05) is 0 Å². The van der Waals surface area contributed by atoms with Crippen LogP contribution < -0.4 is 4.74 Å². The number of ether oxygens (including phenoxy) is 1. The van der Waals surface area contributed by atoms with Gasteiger partial charge < -0.3 is 4.74 Å². The molecule has 3 nitrogen and oxygen atoms in total.